The monoisotopic (exact) mass is 272 g/mol. The quantitative estimate of drug-likeness (QED) is 0.839. The van der Waals surface area contributed by atoms with Gasteiger partial charge in [-0.3, -0.25) is 5.10 Å². The summed E-state index contributed by atoms with van der Waals surface area (Å²) in [5.41, 5.74) is 0.573. The molecule has 0 amide bonds. The van der Waals surface area contributed by atoms with Crippen LogP contribution in [0.5, 0.6) is 0 Å². The molecule has 1 aliphatic rings. The van der Waals surface area contributed by atoms with Gasteiger partial charge in [0, 0.05) is 12.1 Å². The van der Waals surface area contributed by atoms with E-state index >= 15 is 0 Å². The SMILES string of the molecule is Cc1[nH]ncc1S(=O)(=O)NC1CCN(C)C(C)C1. The Balaban J connectivity index is 2.08. The van der Waals surface area contributed by atoms with Crippen molar-refractivity contribution < 1.29 is 8.42 Å². The maximum atomic E-state index is 12.2. The Bertz CT molecular complexity index is 511. The minimum atomic E-state index is -3.45. The van der Waals surface area contributed by atoms with Gasteiger partial charge in [0.25, 0.3) is 0 Å². The molecule has 2 atom stereocenters. The molecule has 0 bridgehead atoms. The summed E-state index contributed by atoms with van der Waals surface area (Å²) in [6.07, 6.45) is 3.04. The summed E-state index contributed by atoms with van der Waals surface area (Å²) >= 11 is 0. The van der Waals surface area contributed by atoms with E-state index in [2.05, 4.69) is 33.8 Å². The smallest absolute Gasteiger partial charge is 0.244 e. The van der Waals surface area contributed by atoms with Gasteiger partial charge >= 0.3 is 0 Å². The maximum absolute atomic E-state index is 12.2. The lowest BCUT2D eigenvalue weighted by molar-refractivity contribution is 0.178. The third-order valence-corrected chi connectivity index (χ3v) is 5.24. The van der Waals surface area contributed by atoms with Crippen LogP contribution in [-0.4, -0.2) is 49.2 Å². The van der Waals surface area contributed by atoms with Crippen LogP contribution >= 0.6 is 0 Å². The summed E-state index contributed by atoms with van der Waals surface area (Å²) in [5.74, 6) is 0. The van der Waals surface area contributed by atoms with Gasteiger partial charge in [0.15, 0.2) is 0 Å². The summed E-state index contributed by atoms with van der Waals surface area (Å²) < 4.78 is 27.1. The number of H-pyrrole nitrogens is 1. The summed E-state index contributed by atoms with van der Waals surface area (Å²) in [4.78, 5) is 2.49. The first kappa shape index (κ1) is 13.5. The molecule has 0 spiro atoms. The zero-order valence-corrected chi connectivity index (χ0v) is 11.8. The first-order valence-corrected chi connectivity index (χ1v) is 7.61. The molecule has 2 unspecified atom stereocenters. The fraction of sp³-hybridized carbons (Fsp3) is 0.727. The predicted molar refractivity (Wildman–Crippen MR) is 68.8 cm³/mol. The van der Waals surface area contributed by atoms with Crippen molar-refractivity contribution in [2.45, 2.75) is 43.7 Å². The van der Waals surface area contributed by atoms with Gasteiger partial charge in [-0.25, -0.2) is 13.1 Å². The van der Waals surface area contributed by atoms with Crippen LogP contribution in [0, 0.1) is 6.92 Å². The van der Waals surface area contributed by atoms with Crippen molar-refractivity contribution in [2.75, 3.05) is 13.6 Å². The van der Waals surface area contributed by atoms with Gasteiger partial charge in [0.2, 0.25) is 10.0 Å². The van der Waals surface area contributed by atoms with Crippen LogP contribution in [0.1, 0.15) is 25.5 Å². The molecular weight excluding hydrogens is 252 g/mol. The number of aromatic nitrogens is 2. The number of rotatable bonds is 3. The Morgan fingerprint density at radius 3 is 2.83 bits per heavy atom. The zero-order chi connectivity index (χ0) is 13.3. The van der Waals surface area contributed by atoms with Gasteiger partial charge in [-0.15, -0.1) is 0 Å². The van der Waals surface area contributed by atoms with Crippen molar-refractivity contribution in [3.05, 3.63) is 11.9 Å². The molecule has 0 radical (unpaired) electrons. The van der Waals surface area contributed by atoms with Gasteiger partial charge < -0.3 is 4.90 Å². The van der Waals surface area contributed by atoms with E-state index in [1.807, 2.05) is 0 Å². The number of hydrogen-bond donors (Lipinski definition) is 2. The normalized spacial score (nSPS) is 26.4. The average molecular weight is 272 g/mol. The Morgan fingerprint density at radius 1 is 1.56 bits per heavy atom. The topological polar surface area (TPSA) is 78.1 Å². The number of piperidine rings is 1. The average Bonchev–Trinajstić information content (AvgIpc) is 2.70. The summed E-state index contributed by atoms with van der Waals surface area (Å²) in [7, 11) is -1.39. The fourth-order valence-corrected chi connectivity index (χ4v) is 3.71. The van der Waals surface area contributed by atoms with E-state index in [1.54, 1.807) is 6.92 Å². The van der Waals surface area contributed by atoms with E-state index in [4.69, 9.17) is 0 Å². The molecule has 0 aliphatic carbocycles. The number of aryl methyl sites for hydroxylation is 1. The highest BCUT2D eigenvalue weighted by Gasteiger charge is 2.28. The molecule has 1 fully saturated rings. The molecule has 1 saturated heterocycles. The first-order valence-electron chi connectivity index (χ1n) is 6.12. The van der Waals surface area contributed by atoms with Gasteiger partial charge in [-0.05, 0) is 40.3 Å². The third kappa shape index (κ3) is 2.73. The number of hydrogen-bond acceptors (Lipinski definition) is 4. The molecule has 1 aromatic rings. The highest BCUT2D eigenvalue weighted by Crippen LogP contribution is 2.18. The maximum Gasteiger partial charge on any atom is 0.244 e. The van der Waals surface area contributed by atoms with E-state index < -0.39 is 10.0 Å². The van der Waals surface area contributed by atoms with E-state index in [-0.39, 0.29) is 10.9 Å². The van der Waals surface area contributed by atoms with Gasteiger partial charge in [0.1, 0.15) is 4.90 Å². The molecule has 1 aromatic heterocycles. The zero-order valence-electron chi connectivity index (χ0n) is 11.0. The van der Waals surface area contributed by atoms with Crippen molar-refractivity contribution in [1.82, 2.24) is 19.8 Å². The molecule has 6 nitrogen and oxygen atoms in total. The van der Waals surface area contributed by atoms with Gasteiger partial charge in [-0.2, -0.15) is 5.10 Å². The highest BCUT2D eigenvalue weighted by atomic mass is 32.2. The largest absolute Gasteiger partial charge is 0.304 e. The summed E-state index contributed by atoms with van der Waals surface area (Å²) in [6.45, 7) is 4.74. The molecule has 1 aliphatic heterocycles. The summed E-state index contributed by atoms with van der Waals surface area (Å²) in [5, 5.41) is 6.41. The molecule has 2 N–H and O–H groups in total. The number of aromatic amines is 1. The molecule has 7 heteroatoms. The second-order valence-electron chi connectivity index (χ2n) is 5.03. The van der Waals surface area contributed by atoms with Crippen LogP contribution in [0.3, 0.4) is 0 Å². The summed E-state index contributed by atoms with van der Waals surface area (Å²) in [6, 6.07) is 0.410. The van der Waals surface area contributed by atoms with Crippen LogP contribution in [0.2, 0.25) is 0 Å². The Hall–Kier alpha value is -0.920. The first-order chi connectivity index (χ1) is 8.40. The van der Waals surface area contributed by atoms with Crippen LogP contribution in [0.4, 0.5) is 0 Å². The minimum Gasteiger partial charge on any atom is -0.304 e. The Morgan fingerprint density at radius 2 is 2.28 bits per heavy atom. The Labute approximate surface area is 108 Å². The molecule has 2 heterocycles. The van der Waals surface area contributed by atoms with Crippen LogP contribution < -0.4 is 4.72 Å². The number of nitrogens with zero attached hydrogens (tertiary/aromatic N) is 2. The molecule has 0 saturated carbocycles. The van der Waals surface area contributed by atoms with E-state index in [0.717, 1.165) is 19.4 Å². The van der Waals surface area contributed by atoms with Gasteiger partial charge in [-0.1, -0.05) is 0 Å². The molecule has 2 rings (SSSR count). The van der Waals surface area contributed by atoms with Crippen molar-refractivity contribution in [3.8, 4) is 0 Å². The highest BCUT2D eigenvalue weighted by molar-refractivity contribution is 7.89. The lowest BCUT2D eigenvalue weighted by atomic mass is 10.0. The number of sulfonamides is 1. The number of likely N-dealkylation sites (tertiary alicyclic amines) is 1. The number of nitrogens with one attached hydrogen (secondary N) is 2. The Kier molecular flexibility index (Phi) is 3.74. The minimum absolute atomic E-state index is 0.00972. The van der Waals surface area contributed by atoms with Crippen LogP contribution in [-0.2, 0) is 10.0 Å². The second-order valence-corrected chi connectivity index (χ2v) is 6.71. The van der Waals surface area contributed by atoms with Gasteiger partial charge in [0.05, 0.1) is 11.9 Å². The molecular formula is C11H20N4O2S. The van der Waals surface area contributed by atoms with Crippen LogP contribution in [0.15, 0.2) is 11.1 Å². The third-order valence-electron chi connectivity index (χ3n) is 3.60. The van der Waals surface area contributed by atoms with Crippen molar-refractivity contribution >= 4 is 10.0 Å². The lowest BCUT2D eigenvalue weighted by Gasteiger charge is -2.35. The second kappa shape index (κ2) is 4.99. The van der Waals surface area contributed by atoms with E-state index in [9.17, 15) is 8.42 Å². The van der Waals surface area contributed by atoms with Crippen LogP contribution in [0.25, 0.3) is 0 Å². The molecule has 18 heavy (non-hydrogen) atoms. The standard InChI is InChI=1S/C11H20N4O2S/c1-8-6-10(4-5-15(8)3)14-18(16,17)11-7-12-13-9(11)2/h7-8,10,14H,4-6H2,1-3H3,(H,12,13). The molecule has 0 aromatic carbocycles. The lowest BCUT2D eigenvalue weighted by Crippen LogP contribution is -2.47. The van der Waals surface area contributed by atoms with Crippen molar-refractivity contribution in [1.29, 1.82) is 0 Å². The molecule has 102 valence electrons. The van der Waals surface area contributed by atoms with E-state index in [0.29, 0.717) is 11.7 Å². The fourth-order valence-electron chi connectivity index (χ4n) is 2.29. The predicted octanol–water partition coefficient (Wildman–Crippen LogP) is 0.479. The van der Waals surface area contributed by atoms with Crippen molar-refractivity contribution in [2.24, 2.45) is 0 Å². The van der Waals surface area contributed by atoms with E-state index in [1.165, 1.54) is 6.20 Å². The van der Waals surface area contributed by atoms with Crippen molar-refractivity contribution in [3.63, 3.8) is 0 Å².